The topological polar surface area (TPSA) is 90.9 Å². The van der Waals surface area contributed by atoms with E-state index >= 15 is 0 Å². The number of hydrogen-bond acceptors (Lipinski definition) is 6. The molecular formula is C15H14F3NO6. The number of rotatable bonds is 6. The summed E-state index contributed by atoms with van der Waals surface area (Å²) in [5.74, 6) is -2.15. The number of alkyl halides is 3. The Bertz CT molecular complexity index is 640. The van der Waals surface area contributed by atoms with Crippen molar-refractivity contribution in [3.8, 4) is 5.75 Å². The summed E-state index contributed by atoms with van der Waals surface area (Å²) in [6.45, 7) is 0.936. The van der Waals surface area contributed by atoms with Crippen molar-refractivity contribution in [3.63, 3.8) is 0 Å². The van der Waals surface area contributed by atoms with E-state index in [9.17, 15) is 27.6 Å². The van der Waals surface area contributed by atoms with Crippen molar-refractivity contribution in [2.45, 2.75) is 13.3 Å². The second-order valence-electron chi connectivity index (χ2n) is 4.33. The number of ether oxygens (including phenoxy) is 3. The van der Waals surface area contributed by atoms with Gasteiger partial charge in [-0.25, -0.2) is 9.59 Å². The van der Waals surface area contributed by atoms with Crippen molar-refractivity contribution in [1.29, 1.82) is 0 Å². The Kier molecular flexibility index (Phi) is 7.44. The van der Waals surface area contributed by atoms with Crippen LogP contribution in [-0.2, 0) is 19.1 Å². The third kappa shape index (κ3) is 8.98. The van der Waals surface area contributed by atoms with E-state index in [0.717, 1.165) is 18.2 Å². The summed E-state index contributed by atoms with van der Waals surface area (Å²) in [4.78, 5) is 33.6. The molecule has 2 amide bonds. The highest BCUT2D eigenvalue weighted by Crippen LogP contribution is 2.22. The highest BCUT2D eigenvalue weighted by molar-refractivity contribution is 5.94. The fourth-order valence-electron chi connectivity index (χ4n) is 1.45. The van der Waals surface area contributed by atoms with Crippen LogP contribution in [0.3, 0.4) is 0 Å². The zero-order chi connectivity index (χ0) is 18.9. The van der Waals surface area contributed by atoms with Gasteiger partial charge in [0.05, 0.1) is 6.61 Å². The second-order valence-corrected chi connectivity index (χ2v) is 4.33. The SMILES string of the molecule is CCOC(=O)NC(=O)COC(=O)/C=C/c1ccc(OC(F)(F)F)cc1. The highest BCUT2D eigenvalue weighted by Gasteiger charge is 2.30. The Balaban J connectivity index is 2.43. The van der Waals surface area contributed by atoms with Crippen LogP contribution in [0, 0.1) is 0 Å². The van der Waals surface area contributed by atoms with Crippen LogP contribution in [0.1, 0.15) is 12.5 Å². The third-order valence-corrected chi connectivity index (χ3v) is 2.39. The van der Waals surface area contributed by atoms with Gasteiger partial charge in [-0.2, -0.15) is 0 Å². The van der Waals surface area contributed by atoms with E-state index in [-0.39, 0.29) is 6.61 Å². The fraction of sp³-hybridized carbons (Fsp3) is 0.267. The van der Waals surface area contributed by atoms with Crippen molar-refractivity contribution in [1.82, 2.24) is 5.32 Å². The molecule has 0 saturated heterocycles. The monoisotopic (exact) mass is 361 g/mol. The first-order valence-corrected chi connectivity index (χ1v) is 6.87. The van der Waals surface area contributed by atoms with Crippen LogP contribution in [0.15, 0.2) is 30.3 Å². The molecule has 10 heteroatoms. The molecule has 1 aromatic carbocycles. The number of nitrogens with one attached hydrogen (secondary N) is 1. The maximum Gasteiger partial charge on any atom is 0.573 e. The molecule has 0 radical (unpaired) electrons. The van der Waals surface area contributed by atoms with Gasteiger partial charge in [0.15, 0.2) is 6.61 Å². The van der Waals surface area contributed by atoms with Gasteiger partial charge >= 0.3 is 18.4 Å². The van der Waals surface area contributed by atoms with E-state index in [4.69, 9.17) is 0 Å². The van der Waals surface area contributed by atoms with E-state index in [1.165, 1.54) is 18.2 Å². The Morgan fingerprint density at radius 1 is 1.12 bits per heavy atom. The number of carbonyl (C=O) groups excluding carboxylic acids is 3. The number of esters is 1. The molecule has 1 rings (SSSR count). The van der Waals surface area contributed by atoms with E-state index in [1.807, 2.05) is 5.32 Å². The number of halogens is 3. The van der Waals surface area contributed by atoms with Gasteiger partial charge in [0.1, 0.15) is 5.75 Å². The summed E-state index contributed by atoms with van der Waals surface area (Å²) in [6, 6.07) is 4.73. The number of amides is 2. The van der Waals surface area contributed by atoms with Crippen LogP contribution in [0.2, 0.25) is 0 Å². The van der Waals surface area contributed by atoms with Crippen molar-refractivity contribution >= 4 is 24.0 Å². The van der Waals surface area contributed by atoms with Gasteiger partial charge in [0, 0.05) is 6.08 Å². The lowest BCUT2D eigenvalue weighted by Gasteiger charge is -2.08. The van der Waals surface area contributed by atoms with Crippen molar-refractivity contribution in [2.24, 2.45) is 0 Å². The molecule has 0 fully saturated rings. The van der Waals surface area contributed by atoms with E-state index in [0.29, 0.717) is 5.56 Å². The summed E-state index contributed by atoms with van der Waals surface area (Å²) in [5, 5.41) is 1.83. The maximum absolute atomic E-state index is 12.0. The Hall–Kier alpha value is -3.04. The molecule has 0 aliphatic heterocycles. The van der Waals surface area contributed by atoms with Gasteiger partial charge < -0.3 is 14.2 Å². The number of benzene rings is 1. The zero-order valence-electron chi connectivity index (χ0n) is 13.0. The molecule has 0 aromatic heterocycles. The summed E-state index contributed by atoms with van der Waals surface area (Å²) in [6.07, 6.45) is -3.51. The van der Waals surface area contributed by atoms with Crippen molar-refractivity contribution in [2.75, 3.05) is 13.2 Å². The number of alkyl carbamates (subject to hydrolysis) is 1. The quantitative estimate of drug-likeness (QED) is 0.618. The molecule has 0 unspecified atom stereocenters. The van der Waals surface area contributed by atoms with Crippen LogP contribution in [0.25, 0.3) is 6.08 Å². The minimum atomic E-state index is -4.79. The van der Waals surface area contributed by atoms with Crippen LogP contribution in [0.5, 0.6) is 5.75 Å². The van der Waals surface area contributed by atoms with Crippen molar-refractivity contribution < 1.29 is 41.8 Å². The number of imide groups is 1. The predicted molar refractivity (Wildman–Crippen MR) is 78.3 cm³/mol. The van der Waals surface area contributed by atoms with Crippen LogP contribution >= 0.6 is 0 Å². The average molecular weight is 361 g/mol. The van der Waals surface area contributed by atoms with Gasteiger partial charge in [0.25, 0.3) is 5.91 Å². The molecule has 0 spiro atoms. The Morgan fingerprint density at radius 2 is 1.76 bits per heavy atom. The molecule has 0 saturated carbocycles. The second kappa shape index (κ2) is 9.30. The fourth-order valence-corrected chi connectivity index (χ4v) is 1.45. The third-order valence-electron chi connectivity index (χ3n) is 2.39. The molecule has 7 nitrogen and oxygen atoms in total. The number of carbonyl (C=O) groups is 3. The normalized spacial score (nSPS) is 11.0. The molecule has 136 valence electrons. The van der Waals surface area contributed by atoms with Gasteiger partial charge in [0.2, 0.25) is 0 Å². The first-order valence-electron chi connectivity index (χ1n) is 6.87. The Labute approximate surface area is 140 Å². The zero-order valence-corrected chi connectivity index (χ0v) is 13.0. The van der Waals surface area contributed by atoms with Gasteiger partial charge in [-0.1, -0.05) is 12.1 Å². The van der Waals surface area contributed by atoms with Gasteiger partial charge in [-0.3, -0.25) is 10.1 Å². The minimum absolute atomic E-state index is 0.0778. The van der Waals surface area contributed by atoms with E-state index < -0.39 is 36.7 Å². The standard InChI is InChI=1S/C15H14F3NO6/c1-2-23-14(22)19-12(20)9-24-13(21)8-5-10-3-6-11(7-4-10)25-15(16,17)18/h3-8H,2,9H2,1H3,(H,19,20,22)/b8-5+. The van der Waals surface area contributed by atoms with Crippen molar-refractivity contribution in [3.05, 3.63) is 35.9 Å². The molecule has 0 aliphatic carbocycles. The largest absolute Gasteiger partial charge is 0.573 e. The lowest BCUT2D eigenvalue weighted by atomic mass is 10.2. The smallest absolute Gasteiger partial charge is 0.452 e. The first kappa shape index (κ1) is 20.0. The minimum Gasteiger partial charge on any atom is -0.452 e. The van der Waals surface area contributed by atoms with Crippen LogP contribution in [-0.4, -0.2) is 37.5 Å². The Morgan fingerprint density at radius 3 is 2.32 bits per heavy atom. The van der Waals surface area contributed by atoms with Crippen LogP contribution < -0.4 is 10.1 Å². The molecule has 25 heavy (non-hydrogen) atoms. The summed E-state index contributed by atoms with van der Waals surface area (Å²) in [7, 11) is 0. The molecule has 1 N–H and O–H groups in total. The van der Waals surface area contributed by atoms with Crippen LogP contribution in [0.4, 0.5) is 18.0 Å². The first-order chi connectivity index (χ1) is 11.7. The van der Waals surface area contributed by atoms with Gasteiger partial charge in [-0.05, 0) is 30.7 Å². The van der Waals surface area contributed by atoms with E-state index in [1.54, 1.807) is 6.92 Å². The molecule has 0 aliphatic rings. The summed E-state index contributed by atoms with van der Waals surface area (Å²) >= 11 is 0. The lowest BCUT2D eigenvalue weighted by Crippen LogP contribution is -2.34. The molecule has 0 bridgehead atoms. The molecule has 0 atom stereocenters. The molecule has 0 heterocycles. The van der Waals surface area contributed by atoms with E-state index in [2.05, 4.69) is 14.2 Å². The lowest BCUT2D eigenvalue weighted by molar-refractivity contribution is -0.274. The number of hydrogen-bond donors (Lipinski definition) is 1. The maximum atomic E-state index is 12.0. The average Bonchev–Trinajstić information content (AvgIpc) is 2.51. The van der Waals surface area contributed by atoms with Gasteiger partial charge in [-0.15, -0.1) is 13.2 Å². The summed E-state index contributed by atoms with van der Waals surface area (Å²) in [5.41, 5.74) is 0.405. The predicted octanol–water partition coefficient (Wildman–Crippen LogP) is 2.41. The molecule has 1 aromatic rings. The summed E-state index contributed by atoms with van der Waals surface area (Å²) < 4.78 is 48.8. The highest BCUT2D eigenvalue weighted by atomic mass is 19.4. The molecular weight excluding hydrogens is 347 g/mol.